The average Bonchev–Trinajstić information content (AvgIpc) is 2.45. The van der Waals surface area contributed by atoms with Crippen LogP contribution >= 0.6 is 0 Å². The van der Waals surface area contributed by atoms with Gasteiger partial charge in [-0.05, 0) is 50.8 Å². The molecular weight excluding hydrogens is 232 g/mol. The minimum atomic E-state index is 0.588. The number of rotatable bonds is 5. The number of nitrogens with zero attached hydrogens (tertiary/aromatic N) is 1. The van der Waals surface area contributed by atoms with E-state index < -0.39 is 0 Å². The molecule has 106 valence electrons. The highest BCUT2D eigenvalue weighted by Crippen LogP contribution is 2.19. The molecule has 0 aromatic heterocycles. The Bertz CT molecular complexity index is 363. The molecule has 1 heterocycles. The van der Waals surface area contributed by atoms with E-state index in [1.54, 1.807) is 0 Å². The van der Waals surface area contributed by atoms with Gasteiger partial charge < -0.3 is 10.2 Å². The molecule has 1 N–H and O–H groups in total. The fraction of sp³-hybridized carbons (Fsp3) is 0.647. The van der Waals surface area contributed by atoms with E-state index in [-0.39, 0.29) is 0 Å². The third kappa shape index (κ3) is 4.32. The number of benzene rings is 1. The van der Waals surface area contributed by atoms with E-state index in [1.165, 1.54) is 31.5 Å². The van der Waals surface area contributed by atoms with Gasteiger partial charge in [0.1, 0.15) is 0 Å². The van der Waals surface area contributed by atoms with Crippen LogP contribution in [0.1, 0.15) is 38.2 Å². The van der Waals surface area contributed by atoms with Crippen molar-refractivity contribution in [1.82, 2.24) is 10.2 Å². The third-order valence-electron chi connectivity index (χ3n) is 4.48. The second-order valence-corrected chi connectivity index (χ2v) is 6.17. The molecule has 3 unspecified atom stereocenters. The van der Waals surface area contributed by atoms with Gasteiger partial charge in [-0.2, -0.15) is 0 Å². The molecule has 2 rings (SSSR count). The standard InChI is InChI=1S/C17H28N2/c1-14(16-8-5-4-6-9-16)12-18-15(2)17-10-7-11-19(3)13-17/h4-6,8-9,14-15,17-18H,7,10-13H2,1-3H3. The summed E-state index contributed by atoms with van der Waals surface area (Å²) in [5, 5.41) is 3.74. The Morgan fingerprint density at radius 2 is 2.00 bits per heavy atom. The van der Waals surface area contributed by atoms with Crippen LogP contribution in [-0.4, -0.2) is 37.6 Å². The highest BCUT2D eigenvalue weighted by molar-refractivity contribution is 5.19. The second-order valence-electron chi connectivity index (χ2n) is 6.17. The third-order valence-corrected chi connectivity index (χ3v) is 4.48. The molecule has 3 atom stereocenters. The number of hydrogen-bond donors (Lipinski definition) is 1. The molecule has 0 spiro atoms. The van der Waals surface area contributed by atoms with E-state index in [4.69, 9.17) is 0 Å². The lowest BCUT2D eigenvalue weighted by molar-refractivity contribution is 0.178. The van der Waals surface area contributed by atoms with Crippen molar-refractivity contribution in [2.75, 3.05) is 26.7 Å². The summed E-state index contributed by atoms with van der Waals surface area (Å²) in [6, 6.07) is 11.4. The summed E-state index contributed by atoms with van der Waals surface area (Å²) in [4.78, 5) is 2.47. The topological polar surface area (TPSA) is 15.3 Å². The van der Waals surface area contributed by atoms with Gasteiger partial charge in [-0.25, -0.2) is 0 Å². The van der Waals surface area contributed by atoms with Gasteiger partial charge in [0.2, 0.25) is 0 Å². The molecule has 0 saturated carbocycles. The number of nitrogens with one attached hydrogen (secondary N) is 1. The molecule has 1 fully saturated rings. The Hall–Kier alpha value is -0.860. The average molecular weight is 260 g/mol. The van der Waals surface area contributed by atoms with Gasteiger partial charge in [-0.1, -0.05) is 37.3 Å². The van der Waals surface area contributed by atoms with E-state index in [2.05, 4.69) is 61.4 Å². The molecule has 1 aromatic carbocycles. The predicted molar refractivity (Wildman–Crippen MR) is 82.5 cm³/mol. The maximum absolute atomic E-state index is 3.74. The molecule has 1 saturated heterocycles. The van der Waals surface area contributed by atoms with Crippen molar-refractivity contribution in [3.8, 4) is 0 Å². The molecule has 0 bridgehead atoms. The largest absolute Gasteiger partial charge is 0.313 e. The fourth-order valence-corrected chi connectivity index (χ4v) is 3.04. The van der Waals surface area contributed by atoms with Crippen LogP contribution in [0.15, 0.2) is 30.3 Å². The van der Waals surface area contributed by atoms with E-state index in [1.807, 2.05) is 0 Å². The minimum Gasteiger partial charge on any atom is -0.313 e. The SMILES string of the molecule is CC(CNC(C)C1CCCN(C)C1)c1ccccc1. The summed E-state index contributed by atoms with van der Waals surface area (Å²) < 4.78 is 0. The van der Waals surface area contributed by atoms with Crippen molar-refractivity contribution in [1.29, 1.82) is 0 Å². The Labute approximate surface area is 118 Å². The van der Waals surface area contributed by atoms with Gasteiger partial charge in [0.25, 0.3) is 0 Å². The van der Waals surface area contributed by atoms with Gasteiger partial charge in [-0.3, -0.25) is 0 Å². The molecular formula is C17H28N2. The lowest BCUT2D eigenvalue weighted by Gasteiger charge is -2.34. The number of piperidine rings is 1. The van der Waals surface area contributed by atoms with Crippen LogP contribution in [0.4, 0.5) is 0 Å². The lowest BCUT2D eigenvalue weighted by atomic mass is 9.91. The highest BCUT2D eigenvalue weighted by atomic mass is 15.1. The molecule has 1 aliphatic heterocycles. The summed E-state index contributed by atoms with van der Waals surface area (Å²) in [6.45, 7) is 8.24. The first kappa shape index (κ1) is 14.5. The van der Waals surface area contributed by atoms with Crippen molar-refractivity contribution in [2.45, 2.75) is 38.6 Å². The highest BCUT2D eigenvalue weighted by Gasteiger charge is 2.22. The van der Waals surface area contributed by atoms with Gasteiger partial charge in [-0.15, -0.1) is 0 Å². The second kappa shape index (κ2) is 7.06. The zero-order valence-electron chi connectivity index (χ0n) is 12.6. The molecule has 1 aromatic rings. The Balaban J connectivity index is 1.78. The summed E-state index contributed by atoms with van der Waals surface area (Å²) >= 11 is 0. The fourth-order valence-electron chi connectivity index (χ4n) is 3.04. The van der Waals surface area contributed by atoms with Crippen LogP contribution in [-0.2, 0) is 0 Å². The number of hydrogen-bond acceptors (Lipinski definition) is 2. The van der Waals surface area contributed by atoms with Crippen LogP contribution in [0.3, 0.4) is 0 Å². The Morgan fingerprint density at radius 3 is 2.68 bits per heavy atom. The summed E-state index contributed by atoms with van der Waals surface area (Å²) in [5.41, 5.74) is 1.43. The molecule has 1 aliphatic rings. The van der Waals surface area contributed by atoms with Gasteiger partial charge >= 0.3 is 0 Å². The minimum absolute atomic E-state index is 0.588. The zero-order chi connectivity index (χ0) is 13.7. The van der Waals surface area contributed by atoms with Crippen molar-refractivity contribution < 1.29 is 0 Å². The monoisotopic (exact) mass is 260 g/mol. The number of likely N-dealkylation sites (tertiary alicyclic amines) is 1. The Morgan fingerprint density at radius 1 is 1.26 bits per heavy atom. The predicted octanol–water partition coefficient (Wildman–Crippen LogP) is 3.11. The van der Waals surface area contributed by atoms with Gasteiger partial charge in [0.05, 0.1) is 0 Å². The molecule has 0 aliphatic carbocycles. The Kier molecular flexibility index (Phi) is 5.41. The smallest absolute Gasteiger partial charge is 0.00794 e. The van der Waals surface area contributed by atoms with Crippen LogP contribution in [0.5, 0.6) is 0 Å². The molecule has 2 nitrogen and oxygen atoms in total. The van der Waals surface area contributed by atoms with E-state index >= 15 is 0 Å². The molecule has 2 heteroatoms. The lowest BCUT2D eigenvalue weighted by Crippen LogP contribution is -2.43. The maximum atomic E-state index is 3.74. The first-order chi connectivity index (χ1) is 9.16. The maximum Gasteiger partial charge on any atom is 0.00794 e. The summed E-state index contributed by atoms with van der Waals surface area (Å²) in [5.74, 6) is 1.40. The first-order valence-corrected chi connectivity index (χ1v) is 7.63. The van der Waals surface area contributed by atoms with Crippen LogP contribution in [0.2, 0.25) is 0 Å². The van der Waals surface area contributed by atoms with Gasteiger partial charge in [0.15, 0.2) is 0 Å². The molecule has 19 heavy (non-hydrogen) atoms. The van der Waals surface area contributed by atoms with Crippen LogP contribution in [0.25, 0.3) is 0 Å². The quantitative estimate of drug-likeness (QED) is 0.875. The van der Waals surface area contributed by atoms with Crippen LogP contribution < -0.4 is 5.32 Å². The normalized spacial score (nSPS) is 24.1. The van der Waals surface area contributed by atoms with E-state index in [0.717, 1.165) is 12.5 Å². The van der Waals surface area contributed by atoms with Crippen molar-refractivity contribution in [2.24, 2.45) is 5.92 Å². The van der Waals surface area contributed by atoms with Crippen molar-refractivity contribution >= 4 is 0 Å². The van der Waals surface area contributed by atoms with E-state index in [9.17, 15) is 0 Å². The van der Waals surface area contributed by atoms with E-state index in [0.29, 0.717) is 12.0 Å². The van der Waals surface area contributed by atoms with Gasteiger partial charge in [0, 0.05) is 19.1 Å². The van der Waals surface area contributed by atoms with Crippen molar-refractivity contribution in [3.05, 3.63) is 35.9 Å². The first-order valence-electron chi connectivity index (χ1n) is 7.63. The summed E-state index contributed by atoms with van der Waals surface area (Å²) in [6.07, 6.45) is 2.72. The molecule has 0 amide bonds. The van der Waals surface area contributed by atoms with Crippen molar-refractivity contribution in [3.63, 3.8) is 0 Å². The van der Waals surface area contributed by atoms with Crippen LogP contribution in [0, 0.1) is 5.92 Å². The summed E-state index contributed by atoms with van der Waals surface area (Å²) in [7, 11) is 2.24. The zero-order valence-corrected chi connectivity index (χ0v) is 12.6. The molecule has 0 radical (unpaired) electrons.